The molecule has 0 aromatic rings. The number of carboxylic acid groups (broad SMARTS) is 1. The monoisotopic (exact) mass is 328 g/mol. The Bertz CT molecular complexity index is 453. The molecule has 0 bridgehead atoms. The molecular weight excluding hydrogens is 300 g/mol. The molecule has 8 nitrogen and oxygen atoms in total. The van der Waals surface area contributed by atoms with Crippen LogP contribution in [0.1, 0.15) is 46.5 Å². The minimum Gasteiger partial charge on any atom is -0.481 e. The summed E-state index contributed by atoms with van der Waals surface area (Å²) >= 11 is 0. The highest BCUT2D eigenvalue weighted by molar-refractivity contribution is 5.78. The molecule has 0 heterocycles. The SMILES string of the molecule is CCC(CC)CC1(C(=O)O)CC(N=CNN)C(NC(C)=O)[C@@H]1O. The smallest absolute Gasteiger partial charge is 0.312 e. The molecule has 0 radical (unpaired) electrons. The molecule has 0 aromatic carbocycles. The number of carboxylic acids is 1. The van der Waals surface area contributed by atoms with Gasteiger partial charge < -0.3 is 21.0 Å². The fourth-order valence-electron chi connectivity index (χ4n) is 3.47. The molecule has 4 atom stereocenters. The number of aliphatic carboxylic acids is 1. The molecule has 0 aromatic heterocycles. The van der Waals surface area contributed by atoms with Crippen LogP contribution in [-0.2, 0) is 9.59 Å². The van der Waals surface area contributed by atoms with Crippen LogP contribution in [-0.4, -0.2) is 46.6 Å². The van der Waals surface area contributed by atoms with Gasteiger partial charge in [-0.2, -0.15) is 0 Å². The van der Waals surface area contributed by atoms with Gasteiger partial charge in [-0.05, 0) is 18.8 Å². The van der Waals surface area contributed by atoms with Gasteiger partial charge in [0.15, 0.2) is 0 Å². The summed E-state index contributed by atoms with van der Waals surface area (Å²) in [5, 5.41) is 23.1. The van der Waals surface area contributed by atoms with Crippen LogP contribution in [0.15, 0.2) is 4.99 Å². The molecule has 6 N–H and O–H groups in total. The van der Waals surface area contributed by atoms with Crippen LogP contribution in [0.4, 0.5) is 0 Å². The van der Waals surface area contributed by atoms with E-state index in [4.69, 9.17) is 5.84 Å². The summed E-state index contributed by atoms with van der Waals surface area (Å²) in [4.78, 5) is 27.6. The summed E-state index contributed by atoms with van der Waals surface area (Å²) in [5.74, 6) is 3.98. The molecule has 1 aliphatic rings. The van der Waals surface area contributed by atoms with Crippen molar-refractivity contribution in [1.29, 1.82) is 0 Å². The van der Waals surface area contributed by atoms with E-state index in [-0.39, 0.29) is 18.2 Å². The molecule has 0 aliphatic heterocycles. The number of nitrogens with two attached hydrogens (primary N) is 1. The second-order valence-electron chi connectivity index (χ2n) is 6.24. The third kappa shape index (κ3) is 4.20. The number of aliphatic imine (C=N–C) groups is 1. The fraction of sp³-hybridized carbons (Fsp3) is 0.800. The minimum absolute atomic E-state index is 0.156. The number of aliphatic hydroxyl groups excluding tert-OH is 1. The maximum atomic E-state index is 12.0. The molecular formula is C15H28N4O4. The van der Waals surface area contributed by atoms with Gasteiger partial charge in [-0.3, -0.25) is 14.6 Å². The van der Waals surface area contributed by atoms with Gasteiger partial charge in [0.2, 0.25) is 5.91 Å². The number of rotatable bonds is 8. The van der Waals surface area contributed by atoms with E-state index in [0.717, 1.165) is 12.8 Å². The van der Waals surface area contributed by atoms with Crippen molar-refractivity contribution in [3.63, 3.8) is 0 Å². The first-order valence-electron chi connectivity index (χ1n) is 7.98. The Hall–Kier alpha value is -1.67. The molecule has 23 heavy (non-hydrogen) atoms. The van der Waals surface area contributed by atoms with Crippen molar-refractivity contribution in [3.05, 3.63) is 0 Å². The van der Waals surface area contributed by atoms with Crippen molar-refractivity contribution in [2.75, 3.05) is 0 Å². The van der Waals surface area contributed by atoms with E-state index >= 15 is 0 Å². The standard InChI is InChI=1S/C15H28N4O4/c1-4-10(5-2)6-15(14(22)23)7-11(17-8-18-16)12(13(15)21)19-9(3)20/h8,10-13,21H,4-7,16H2,1-3H3,(H,17,18)(H,19,20)(H,22,23)/t11?,12?,13-,15?/m0/s1. The Labute approximate surface area is 136 Å². The van der Waals surface area contributed by atoms with Crippen LogP contribution >= 0.6 is 0 Å². The molecule has 1 amide bonds. The highest BCUT2D eigenvalue weighted by atomic mass is 16.4. The second-order valence-corrected chi connectivity index (χ2v) is 6.24. The number of hydrazine groups is 1. The largest absolute Gasteiger partial charge is 0.481 e. The Kier molecular flexibility index (Phi) is 6.96. The van der Waals surface area contributed by atoms with Crippen molar-refractivity contribution >= 4 is 18.2 Å². The van der Waals surface area contributed by atoms with Gasteiger partial charge in [0.25, 0.3) is 0 Å². The van der Waals surface area contributed by atoms with Gasteiger partial charge in [0, 0.05) is 6.92 Å². The van der Waals surface area contributed by atoms with Crippen LogP contribution in [0.5, 0.6) is 0 Å². The zero-order valence-electron chi connectivity index (χ0n) is 14.0. The second kappa shape index (κ2) is 8.26. The number of hydrogen-bond donors (Lipinski definition) is 5. The Morgan fingerprint density at radius 1 is 1.43 bits per heavy atom. The Morgan fingerprint density at radius 3 is 2.48 bits per heavy atom. The predicted octanol–water partition coefficient (Wildman–Crippen LogP) is 0.0132. The van der Waals surface area contributed by atoms with Crippen molar-refractivity contribution in [3.8, 4) is 0 Å². The summed E-state index contributed by atoms with van der Waals surface area (Å²) in [6.45, 7) is 5.34. The maximum absolute atomic E-state index is 12.0. The van der Waals surface area contributed by atoms with E-state index in [2.05, 4.69) is 15.7 Å². The molecule has 8 heteroatoms. The molecule has 0 spiro atoms. The molecule has 1 fully saturated rings. The van der Waals surface area contributed by atoms with E-state index in [1.807, 2.05) is 13.8 Å². The third-order valence-electron chi connectivity index (χ3n) is 4.84. The van der Waals surface area contributed by atoms with Gasteiger partial charge in [-0.1, -0.05) is 26.7 Å². The van der Waals surface area contributed by atoms with E-state index in [0.29, 0.717) is 6.42 Å². The number of nitrogens with one attached hydrogen (secondary N) is 2. The molecule has 1 saturated carbocycles. The van der Waals surface area contributed by atoms with Crippen molar-refractivity contribution in [2.45, 2.75) is 64.6 Å². The number of carbonyl (C=O) groups excluding carboxylic acids is 1. The molecule has 1 rings (SSSR count). The average molecular weight is 328 g/mol. The van der Waals surface area contributed by atoms with Crippen LogP contribution in [0, 0.1) is 11.3 Å². The Balaban J connectivity index is 3.17. The summed E-state index contributed by atoms with van der Waals surface area (Å²) in [6, 6.07) is -1.29. The quantitative estimate of drug-likeness (QED) is 0.184. The first kappa shape index (κ1) is 19.4. The Morgan fingerprint density at radius 2 is 2.04 bits per heavy atom. The molecule has 3 unspecified atom stereocenters. The number of nitrogens with zero attached hydrogens (tertiary/aromatic N) is 1. The topological polar surface area (TPSA) is 137 Å². The maximum Gasteiger partial charge on any atom is 0.312 e. The molecule has 1 aliphatic carbocycles. The lowest BCUT2D eigenvalue weighted by Crippen LogP contribution is -2.50. The number of hydrogen-bond acceptors (Lipinski definition) is 5. The van der Waals surface area contributed by atoms with Crippen LogP contribution in [0.2, 0.25) is 0 Å². The van der Waals surface area contributed by atoms with Crippen LogP contribution in [0.3, 0.4) is 0 Å². The number of amides is 1. The van der Waals surface area contributed by atoms with E-state index in [1.165, 1.54) is 13.3 Å². The third-order valence-corrected chi connectivity index (χ3v) is 4.84. The fourth-order valence-corrected chi connectivity index (χ4v) is 3.47. The zero-order chi connectivity index (χ0) is 17.6. The predicted molar refractivity (Wildman–Crippen MR) is 86.6 cm³/mol. The highest BCUT2D eigenvalue weighted by Crippen LogP contribution is 2.46. The minimum atomic E-state index is -1.32. The summed E-state index contributed by atoms with van der Waals surface area (Å²) < 4.78 is 0. The number of aliphatic hydroxyl groups is 1. The lowest BCUT2D eigenvalue weighted by Gasteiger charge is -2.32. The van der Waals surface area contributed by atoms with Crippen molar-refractivity contribution in [1.82, 2.24) is 10.7 Å². The lowest BCUT2D eigenvalue weighted by atomic mass is 9.74. The van der Waals surface area contributed by atoms with Crippen LogP contribution < -0.4 is 16.6 Å². The lowest BCUT2D eigenvalue weighted by molar-refractivity contribution is -0.157. The highest BCUT2D eigenvalue weighted by Gasteiger charge is 2.58. The van der Waals surface area contributed by atoms with Crippen molar-refractivity contribution in [2.24, 2.45) is 22.2 Å². The van der Waals surface area contributed by atoms with E-state index in [9.17, 15) is 19.8 Å². The summed E-state index contributed by atoms with van der Waals surface area (Å²) in [7, 11) is 0. The van der Waals surface area contributed by atoms with Crippen molar-refractivity contribution < 1.29 is 19.8 Å². The molecule has 0 saturated heterocycles. The summed E-state index contributed by atoms with van der Waals surface area (Å²) in [6.07, 6.45) is 2.23. The first-order chi connectivity index (χ1) is 10.8. The first-order valence-corrected chi connectivity index (χ1v) is 7.98. The van der Waals surface area contributed by atoms with Gasteiger partial charge >= 0.3 is 5.97 Å². The van der Waals surface area contributed by atoms with Gasteiger partial charge in [-0.25, -0.2) is 5.84 Å². The van der Waals surface area contributed by atoms with Crippen LogP contribution in [0.25, 0.3) is 0 Å². The van der Waals surface area contributed by atoms with E-state index in [1.54, 1.807) is 0 Å². The van der Waals surface area contributed by atoms with Gasteiger partial charge in [0.1, 0.15) is 0 Å². The average Bonchev–Trinajstić information content (AvgIpc) is 2.76. The normalized spacial score (nSPS) is 30.8. The van der Waals surface area contributed by atoms with E-state index < -0.39 is 29.6 Å². The summed E-state index contributed by atoms with van der Waals surface area (Å²) in [5.41, 5.74) is 0.951. The van der Waals surface area contributed by atoms with Gasteiger partial charge in [0.05, 0.1) is 29.9 Å². The van der Waals surface area contributed by atoms with Gasteiger partial charge in [-0.15, -0.1) is 0 Å². The number of carbonyl (C=O) groups is 2. The zero-order valence-corrected chi connectivity index (χ0v) is 14.0. The molecule has 132 valence electrons.